The van der Waals surface area contributed by atoms with Crippen LogP contribution >= 0.6 is 0 Å². The first-order valence-corrected chi connectivity index (χ1v) is 6.03. The molecule has 2 aromatic rings. The van der Waals surface area contributed by atoms with Crippen LogP contribution in [0.2, 0.25) is 0 Å². The fourth-order valence-electron chi connectivity index (χ4n) is 1.74. The zero-order chi connectivity index (χ0) is 14.5. The van der Waals surface area contributed by atoms with Crippen LogP contribution < -0.4 is 10.9 Å². The van der Waals surface area contributed by atoms with Crippen molar-refractivity contribution in [1.82, 2.24) is 14.9 Å². The molecule has 7 heteroatoms. The molecule has 0 bridgehead atoms. The van der Waals surface area contributed by atoms with Crippen LogP contribution in [0.3, 0.4) is 0 Å². The third kappa shape index (κ3) is 3.00. The van der Waals surface area contributed by atoms with Gasteiger partial charge in [-0.1, -0.05) is 12.1 Å². The average molecular weight is 275 g/mol. The minimum Gasteiger partial charge on any atom is -0.450 e. The fourth-order valence-corrected chi connectivity index (χ4v) is 1.74. The second-order valence-corrected chi connectivity index (χ2v) is 3.94. The first-order valence-electron chi connectivity index (χ1n) is 6.03. The number of ether oxygens (including phenoxy) is 1. The molecule has 2 amide bonds. The number of nitrogens with one attached hydrogen (secondary N) is 1. The number of rotatable bonds is 3. The maximum atomic E-state index is 11.8. The molecule has 1 aromatic heterocycles. The van der Waals surface area contributed by atoms with Crippen LogP contribution in [0, 0.1) is 0 Å². The van der Waals surface area contributed by atoms with Crippen LogP contribution in [0.5, 0.6) is 0 Å². The monoisotopic (exact) mass is 275 g/mol. The van der Waals surface area contributed by atoms with E-state index in [4.69, 9.17) is 0 Å². The SMILES string of the molecule is CCOC(=O)NC(=O)Cn1c(=O)cnc2ccccc21. The topological polar surface area (TPSA) is 90.3 Å². The van der Waals surface area contributed by atoms with E-state index in [2.05, 4.69) is 9.72 Å². The van der Waals surface area contributed by atoms with Crippen molar-refractivity contribution in [3.05, 3.63) is 40.8 Å². The number of carbonyl (C=O) groups is 2. The Morgan fingerprint density at radius 1 is 1.35 bits per heavy atom. The highest BCUT2D eigenvalue weighted by molar-refractivity contribution is 5.92. The van der Waals surface area contributed by atoms with Crippen molar-refractivity contribution < 1.29 is 14.3 Å². The van der Waals surface area contributed by atoms with E-state index in [0.717, 1.165) is 6.20 Å². The normalized spacial score (nSPS) is 10.2. The highest BCUT2D eigenvalue weighted by Crippen LogP contribution is 2.07. The van der Waals surface area contributed by atoms with Gasteiger partial charge in [0.2, 0.25) is 5.91 Å². The van der Waals surface area contributed by atoms with Gasteiger partial charge in [0.1, 0.15) is 6.54 Å². The average Bonchev–Trinajstić information content (AvgIpc) is 2.42. The minimum absolute atomic E-state index is 0.164. The van der Waals surface area contributed by atoms with Crippen LogP contribution in [0.15, 0.2) is 35.3 Å². The number of carbonyl (C=O) groups excluding carboxylic acids is 2. The first-order chi connectivity index (χ1) is 9.61. The number of alkyl carbamates (subject to hydrolysis) is 1. The van der Waals surface area contributed by atoms with E-state index in [1.165, 1.54) is 4.57 Å². The van der Waals surface area contributed by atoms with Crippen molar-refractivity contribution in [2.45, 2.75) is 13.5 Å². The summed E-state index contributed by atoms with van der Waals surface area (Å²) >= 11 is 0. The van der Waals surface area contributed by atoms with E-state index in [1.807, 2.05) is 5.32 Å². The van der Waals surface area contributed by atoms with Crippen LogP contribution in [0.1, 0.15) is 6.92 Å². The number of benzene rings is 1. The van der Waals surface area contributed by atoms with Crippen LogP contribution in [-0.4, -0.2) is 28.2 Å². The van der Waals surface area contributed by atoms with Crippen LogP contribution in [-0.2, 0) is 16.1 Å². The summed E-state index contributed by atoms with van der Waals surface area (Å²) < 4.78 is 5.84. The third-order valence-corrected chi connectivity index (χ3v) is 2.57. The van der Waals surface area contributed by atoms with Gasteiger partial charge in [0, 0.05) is 0 Å². The van der Waals surface area contributed by atoms with E-state index in [-0.39, 0.29) is 13.2 Å². The number of imide groups is 1. The van der Waals surface area contributed by atoms with Crippen molar-refractivity contribution in [3.8, 4) is 0 Å². The molecule has 2 rings (SSSR count). The van der Waals surface area contributed by atoms with E-state index >= 15 is 0 Å². The Bertz CT molecular complexity index is 708. The summed E-state index contributed by atoms with van der Waals surface area (Å²) in [6.07, 6.45) is 0.309. The van der Waals surface area contributed by atoms with Crippen molar-refractivity contribution in [3.63, 3.8) is 0 Å². The summed E-state index contributed by atoms with van der Waals surface area (Å²) in [6.45, 7) is 1.52. The Kier molecular flexibility index (Phi) is 4.09. The number of para-hydroxylation sites is 2. The lowest BCUT2D eigenvalue weighted by atomic mass is 10.3. The van der Waals surface area contributed by atoms with Crippen LogP contribution in [0.4, 0.5) is 4.79 Å². The van der Waals surface area contributed by atoms with Gasteiger partial charge in [-0.2, -0.15) is 0 Å². The van der Waals surface area contributed by atoms with Gasteiger partial charge in [0.15, 0.2) is 0 Å². The molecule has 7 nitrogen and oxygen atoms in total. The first kappa shape index (κ1) is 13.7. The van der Waals surface area contributed by atoms with Gasteiger partial charge in [-0.15, -0.1) is 0 Å². The van der Waals surface area contributed by atoms with E-state index in [1.54, 1.807) is 31.2 Å². The molecule has 0 fully saturated rings. The molecule has 0 aliphatic carbocycles. The Balaban J connectivity index is 2.25. The molecule has 0 atom stereocenters. The Morgan fingerprint density at radius 2 is 2.10 bits per heavy atom. The Labute approximate surface area is 114 Å². The van der Waals surface area contributed by atoms with Crippen molar-refractivity contribution in [1.29, 1.82) is 0 Å². The lowest BCUT2D eigenvalue weighted by Crippen LogP contribution is -2.36. The standard InChI is InChI=1S/C13H13N3O4/c1-2-20-13(19)15-11(17)8-16-10-6-4-3-5-9(10)14-7-12(16)18/h3-7H,2,8H2,1H3,(H,15,17,19). The fraction of sp³-hybridized carbons (Fsp3) is 0.231. The van der Waals surface area contributed by atoms with E-state index < -0.39 is 17.6 Å². The molecular formula is C13H13N3O4. The molecule has 0 saturated carbocycles. The van der Waals surface area contributed by atoms with Crippen LogP contribution in [0.25, 0.3) is 11.0 Å². The maximum absolute atomic E-state index is 11.8. The van der Waals surface area contributed by atoms with Gasteiger partial charge in [0.05, 0.1) is 23.8 Å². The second-order valence-electron chi connectivity index (χ2n) is 3.94. The smallest absolute Gasteiger partial charge is 0.413 e. The summed E-state index contributed by atoms with van der Waals surface area (Å²) in [5.74, 6) is -0.623. The number of hydrogen-bond acceptors (Lipinski definition) is 5. The zero-order valence-electron chi connectivity index (χ0n) is 10.8. The lowest BCUT2D eigenvalue weighted by Gasteiger charge is -2.09. The summed E-state index contributed by atoms with van der Waals surface area (Å²) in [5, 5.41) is 2.04. The van der Waals surface area contributed by atoms with Crippen molar-refractivity contribution >= 4 is 23.0 Å². The van der Waals surface area contributed by atoms with Gasteiger partial charge in [-0.25, -0.2) is 9.78 Å². The van der Waals surface area contributed by atoms with Gasteiger partial charge in [-0.3, -0.25) is 19.5 Å². The number of fused-ring (bicyclic) bond motifs is 1. The summed E-state index contributed by atoms with van der Waals surface area (Å²) in [7, 11) is 0. The van der Waals surface area contributed by atoms with E-state index in [0.29, 0.717) is 11.0 Å². The molecule has 0 saturated heterocycles. The van der Waals surface area contributed by atoms with Gasteiger partial charge < -0.3 is 4.74 Å². The summed E-state index contributed by atoms with van der Waals surface area (Å²) in [6, 6.07) is 6.93. The van der Waals surface area contributed by atoms with E-state index in [9.17, 15) is 14.4 Å². The molecule has 0 radical (unpaired) electrons. The second kappa shape index (κ2) is 5.96. The summed E-state index contributed by atoms with van der Waals surface area (Å²) in [5.41, 5.74) is 0.706. The number of aromatic nitrogens is 2. The number of amides is 2. The largest absolute Gasteiger partial charge is 0.450 e. The maximum Gasteiger partial charge on any atom is 0.413 e. The molecule has 104 valence electrons. The highest BCUT2D eigenvalue weighted by Gasteiger charge is 2.11. The van der Waals surface area contributed by atoms with Crippen molar-refractivity contribution in [2.24, 2.45) is 0 Å². The Hall–Kier alpha value is -2.70. The molecular weight excluding hydrogens is 262 g/mol. The Morgan fingerprint density at radius 3 is 2.85 bits per heavy atom. The third-order valence-electron chi connectivity index (χ3n) is 2.57. The minimum atomic E-state index is -0.830. The quantitative estimate of drug-likeness (QED) is 0.889. The molecule has 0 spiro atoms. The van der Waals surface area contributed by atoms with Crippen molar-refractivity contribution in [2.75, 3.05) is 6.61 Å². The molecule has 0 aliphatic rings. The number of hydrogen-bond donors (Lipinski definition) is 1. The van der Waals surface area contributed by atoms with Gasteiger partial charge >= 0.3 is 6.09 Å². The predicted octanol–water partition coefficient (Wildman–Crippen LogP) is 0.669. The summed E-state index contributed by atoms with van der Waals surface area (Å²) in [4.78, 5) is 38.6. The van der Waals surface area contributed by atoms with Gasteiger partial charge in [-0.05, 0) is 19.1 Å². The molecule has 0 aliphatic heterocycles. The predicted molar refractivity (Wildman–Crippen MR) is 71.2 cm³/mol. The molecule has 20 heavy (non-hydrogen) atoms. The molecule has 1 aromatic carbocycles. The zero-order valence-corrected chi connectivity index (χ0v) is 10.8. The lowest BCUT2D eigenvalue weighted by molar-refractivity contribution is -0.121. The highest BCUT2D eigenvalue weighted by atomic mass is 16.5. The number of nitrogens with zero attached hydrogens (tertiary/aromatic N) is 2. The molecule has 0 unspecified atom stereocenters. The molecule has 1 N–H and O–H groups in total. The van der Waals surface area contributed by atoms with Gasteiger partial charge in [0.25, 0.3) is 5.56 Å². The molecule has 1 heterocycles.